The molecule has 0 saturated heterocycles. The highest BCUT2D eigenvalue weighted by atomic mass is 19.1. The van der Waals surface area contributed by atoms with Crippen molar-refractivity contribution in [1.82, 2.24) is 20.2 Å². The average molecular weight is 484 g/mol. The Hall–Kier alpha value is -4.00. The van der Waals surface area contributed by atoms with Gasteiger partial charge in [0, 0.05) is 12.2 Å². The molecule has 7 heteroatoms. The molecule has 0 bridgehead atoms. The molecule has 4 aromatic rings. The largest absolute Gasteiger partial charge is 0.508 e. The molecule has 0 saturated carbocycles. The van der Waals surface area contributed by atoms with Crippen LogP contribution in [0.1, 0.15) is 54.8 Å². The minimum atomic E-state index is -0.495. The van der Waals surface area contributed by atoms with E-state index in [2.05, 4.69) is 58.4 Å². The zero-order chi connectivity index (χ0) is 25.1. The molecule has 184 valence electrons. The van der Waals surface area contributed by atoms with Crippen LogP contribution in [0, 0.1) is 5.82 Å². The Kier molecular flexibility index (Phi) is 6.55. The Labute approximate surface area is 210 Å². The molecule has 1 aliphatic rings. The second-order valence-corrected chi connectivity index (χ2v) is 9.34. The lowest BCUT2D eigenvalue weighted by atomic mass is 9.76. The number of anilines is 1. The van der Waals surface area contributed by atoms with E-state index in [1.807, 2.05) is 36.4 Å². The van der Waals surface area contributed by atoms with Crippen molar-refractivity contribution in [3.8, 4) is 5.75 Å². The van der Waals surface area contributed by atoms with Crippen LogP contribution in [0.4, 0.5) is 10.1 Å². The fourth-order valence-electron chi connectivity index (χ4n) is 4.99. The van der Waals surface area contributed by atoms with E-state index < -0.39 is 5.54 Å². The molecule has 5 rings (SSSR count). The number of unbranched alkanes of at least 4 members (excludes halogenated alkanes) is 1. The molecule has 0 aliphatic carbocycles. The minimum absolute atomic E-state index is 0.251. The third-order valence-corrected chi connectivity index (χ3v) is 6.97. The summed E-state index contributed by atoms with van der Waals surface area (Å²) < 4.78 is 13.7. The normalized spacial score (nSPS) is 17.5. The number of fused-ring (bicyclic) bond motifs is 1. The Morgan fingerprint density at radius 1 is 1.03 bits per heavy atom. The summed E-state index contributed by atoms with van der Waals surface area (Å²) in [6.45, 7) is 5.85. The smallest absolute Gasteiger partial charge is 0.197 e. The van der Waals surface area contributed by atoms with Crippen LogP contribution in [0.2, 0.25) is 0 Å². The molecule has 0 fully saturated rings. The van der Waals surface area contributed by atoms with Crippen LogP contribution in [-0.4, -0.2) is 31.9 Å². The van der Waals surface area contributed by atoms with Crippen LogP contribution in [0.15, 0.2) is 66.7 Å². The number of phenols is 1. The van der Waals surface area contributed by atoms with Gasteiger partial charge >= 0.3 is 0 Å². The number of rotatable bonds is 7. The van der Waals surface area contributed by atoms with Crippen molar-refractivity contribution >= 4 is 17.8 Å². The summed E-state index contributed by atoms with van der Waals surface area (Å²) in [5.74, 6) is 0.608. The molecule has 0 radical (unpaired) electrons. The number of hydrogen-bond donors (Lipinski definition) is 1. The van der Waals surface area contributed by atoms with Crippen molar-refractivity contribution < 1.29 is 9.50 Å². The van der Waals surface area contributed by atoms with Crippen LogP contribution < -0.4 is 4.90 Å². The van der Waals surface area contributed by atoms with Crippen LogP contribution in [0.25, 0.3) is 12.2 Å². The molecule has 0 spiro atoms. The zero-order valence-electron chi connectivity index (χ0n) is 20.6. The van der Waals surface area contributed by atoms with Gasteiger partial charge in [0.2, 0.25) is 0 Å². The van der Waals surface area contributed by atoms with Crippen molar-refractivity contribution in [3.05, 3.63) is 101 Å². The number of hydrogen-bond acceptors (Lipinski definition) is 5. The molecular formula is C29H30FN5O. The van der Waals surface area contributed by atoms with Gasteiger partial charge in [-0.15, -0.1) is 10.2 Å². The van der Waals surface area contributed by atoms with Crippen molar-refractivity contribution in [2.75, 3.05) is 11.4 Å². The van der Waals surface area contributed by atoms with Gasteiger partial charge < -0.3 is 10.0 Å². The highest BCUT2D eigenvalue weighted by molar-refractivity contribution is 5.67. The molecule has 6 nitrogen and oxygen atoms in total. The Bertz CT molecular complexity index is 1360. The van der Waals surface area contributed by atoms with Gasteiger partial charge in [0.05, 0.1) is 12.1 Å². The van der Waals surface area contributed by atoms with Gasteiger partial charge in [-0.2, -0.15) is 4.80 Å². The number of benzene rings is 3. The van der Waals surface area contributed by atoms with Crippen molar-refractivity contribution in [2.45, 2.75) is 45.2 Å². The van der Waals surface area contributed by atoms with E-state index in [4.69, 9.17) is 0 Å². The lowest BCUT2D eigenvalue weighted by molar-refractivity contribution is 0.463. The molecule has 1 aromatic heterocycles. The maximum Gasteiger partial charge on any atom is 0.197 e. The summed E-state index contributed by atoms with van der Waals surface area (Å²) in [6, 6.07) is 20.7. The number of nitrogens with zero attached hydrogens (tertiary/aromatic N) is 5. The molecule has 1 N–H and O–H groups in total. The summed E-state index contributed by atoms with van der Waals surface area (Å²) in [5, 5.41) is 22.7. The van der Waals surface area contributed by atoms with E-state index in [1.54, 1.807) is 10.9 Å². The topological polar surface area (TPSA) is 67.1 Å². The van der Waals surface area contributed by atoms with E-state index in [1.165, 1.54) is 12.1 Å². The lowest BCUT2D eigenvalue weighted by Gasteiger charge is -2.48. The third-order valence-electron chi connectivity index (χ3n) is 6.97. The second-order valence-electron chi connectivity index (χ2n) is 9.34. The third kappa shape index (κ3) is 4.61. The first-order valence-corrected chi connectivity index (χ1v) is 12.4. The molecule has 1 aliphatic heterocycles. The van der Waals surface area contributed by atoms with Crippen molar-refractivity contribution in [3.63, 3.8) is 0 Å². The highest BCUT2D eigenvalue weighted by Gasteiger charge is 2.40. The van der Waals surface area contributed by atoms with Gasteiger partial charge in [0.15, 0.2) is 5.82 Å². The summed E-state index contributed by atoms with van der Waals surface area (Å²) in [4.78, 5) is 3.95. The quantitative estimate of drug-likeness (QED) is 0.359. The minimum Gasteiger partial charge on any atom is -0.508 e. The van der Waals surface area contributed by atoms with Gasteiger partial charge in [0.1, 0.15) is 11.6 Å². The Balaban J connectivity index is 1.47. The standard InChI is InChI=1S/C29H30FN5O/c1-3-4-18-35-32-28(31-33-35)16-7-21-5-8-23(9-6-21)29(2)27-15-14-26(36)20-22(27)17-19-34(29)25-12-10-24(30)11-13-25/h5-16,20,36H,3-4,17-19H2,1-2H3/b16-7+. The van der Waals surface area contributed by atoms with Crippen LogP contribution in [0.3, 0.4) is 0 Å². The average Bonchev–Trinajstić information content (AvgIpc) is 3.35. The van der Waals surface area contributed by atoms with Gasteiger partial charge in [-0.3, -0.25) is 0 Å². The fourth-order valence-corrected chi connectivity index (χ4v) is 4.99. The molecule has 1 unspecified atom stereocenters. The fraction of sp³-hybridized carbons (Fsp3) is 0.276. The SMILES string of the molecule is CCCCn1nnc(/C=C/c2ccc(C3(C)c4ccc(O)cc4CCN3c3ccc(F)cc3)cc2)n1. The van der Waals surface area contributed by atoms with E-state index in [0.717, 1.165) is 60.3 Å². The number of phenolic OH excluding ortho intramolecular Hbond substituents is 1. The Morgan fingerprint density at radius 2 is 1.81 bits per heavy atom. The van der Waals surface area contributed by atoms with Gasteiger partial charge in [-0.25, -0.2) is 4.39 Å². The highest BCUT2D eigenvalue weighted by Crippen LogP contribution is 2.44. The van der Waals surface area contributed by atoms with Crippen LogP contribution >= 0.6 is 0 Å². The maximum atomic E-state index is 13.7. The maximum absolute atomic E-state index is 13.7. The van der Waals surface area contributed by atoms with Crippen LogP contribution in [-0.2, 0) is 18.5 Å². The first kappa shape index (κ1) is 23.7. The number of aryl methyl sites for hydroxylation is 1. The number of halogens is 1. The summed E-state index contributed by atoms with van der Waals surface area (Å²) in [5.41, 5.74) is 4.86. The van der Waals surface area contributed by atoms with Gasteiger partial charge in [-0.05, 0) is 89.7 Å². The molecule has 1 atom stereocenters. The molecule has 0 amide bonds. The zero-order valence-corrected chi connectivity index (χ0v) is 20.6. The van der Waals surface area contributed by atoms with E-state index in [-0.39, 0.29) is 11.6 Å². The predicted molar refractivity (Wildman–Crippen MR) is 140 cm³/mol. The van der Waals surface area contributed by atoms with Crippen molar-refractivity contribution in [1.29, 1.82) is 0 Å². The summed E-state index contributed by atoms with van der Waals surface area (Å²) in [7, 11) is 0. The number of tetrazole rings is 1. The van der Waals surface area contributed by atoms with E-state index in [0.29, 0.717) is 5.82 Å². The predicted octanol–water partition coefficient (Wildman–Crippen LogP) is 5.81. The first-order chi connectivity index (χ1) is 17.5. The molecule has 36 heavy (non-hydrogen) atoms. The summed E-state index contributed by atoms with van der Waals surface area (Å²) in [6.07, 6.45) is 6.76. The molecular weight excluding hydrogens is 453 g/mol. The number of aromatic hydroxyl groups is 1. The van der Waals surface area contributed by atoms with Gasteiger partial charge in [-0.1, -0.05) is 49.8 Å². The number of aromatic nitrogens is 4. The van der Waals surface area contributed by atoms with Crippen molar-refractivity contribution in [2.24, 2.45) is 0 Å². The monoisotopic (exact) mass is 483 g/mol. The summed E-state index contributed by atoms with van der Waals surface area (Å²) >= 11 is 0. The molecule has 3 aromatic carbocycles. The first-order valence-electron chi connectivity index (χ1n) is 12.4. The molecule has 2 heterocycles. The van der Waals surface area contributed by atoms with E-state index >= 15 is 0 Å². The second kappa shape index (κ2) is 9.93. The van der Waals surface area contributed by atoms with E-state index in [9.17, 15) is 9.50 Å². The van der Waals surface area contributed by atoms with Gasteiger partial charge in [0.25, 0.3) is 0 Å². The Morgan fingerprint density at radius 3 is 2.56 bits per heavy atom. The lowest BCUT2D eigenvalue weighted by Crippen LogP contribution is -2.49. The van der Waals surface area contributed by atoms with Crippen LogP contribution in [0.5, 0.6) is 5.75 Å².